The Morgan fingerprint density at radius 2 is 1.93 bits per heavy atom. The maximum atomic E-state index is 14.0. The van der Waals surface area contributed by atoms with Crippen molar-refractivity contribution in [3.05, 3.63) is 81.5 Å². The molecule has 0 aliphatic carbocycles. The number of nitrogens with zero attached hydrogens (tertiary/aromatic N) is 8. The Hall–Kier alpha value is -4.69. The third-order valence-electron chi connectivity index (χ3n) is 7.60. The fourth-order valence-corrected chi connectivity index (χ4v) is 5.68. The molecule has 0 saturated carbocycles. The van der Waals surface area contributed by atoms with Gasteiger partial charge in [-0.2, -0.15) is 18.9 Å². The highest BCUT2D eigenvalue weighted by Crippen LogP contribution is 2.37. The minimum absolute atomic E-state index is 0.0219. The predicted octanol–water partition coefficient (Wildman–Crippen LogP) is 5.81. The van der Waals surface area contributed by atoms with Gasteiger partial charge < -0.3 is 10.1 Å². The number of rotatable bonds is 5. The molecule has 232 valence electrons. The number of fused-ring (bicyclic) bond motifs is 4. The van der Waals surface area contributed by atoms with E-state index in [2.05, 4.69) is 30.7 Å². The van der Waals surface area contributed by atoms with E-state index >= 15 is 0 Å². The summed E-state index contributed by atoms with van der Waals surface area (Å²) >= 11 is 12.3. The van der Waals surface area contributed by atoms with Crippen LogP contribution in [0.2, 0.25) is 10.2 Å². The quantitative estimate of drug-likeness (QED) is 0.251. The Bertz CT molecular complexity index is 1960. The Morgan fingerprint density at radius 1 is 1.11 bits per heavy atom. The summed E-state index contributed by atoms with van der Waals surface area (Å²) in [5, 5.41) is 15.0. The smallest absolute Gasteiger partial charge is 0.348 e. The summed E-state index contributed by atoms with van der Waals surface area (Å²) < 4.78 is 37.0. The molecule has 6 rings (SSSR count). The molecule has 1 aromatic carbocycles. The fraction of sp³-hybridized carbons (Fsp3) is 0.276. The fourth-order valence-electron chi connectivity index (χ4n) is 5.38. The van der Waals surface area contributed by atoms with Gasteiger partial charge in [0.1, 0.15) is 5.69 Å². The Labute approximate surface area is 264 Å². The summed E-state index contributed by atoms with van der Waals surface area (Å²) in [7, 11) is 1.44. The van der Waals surface area contributed by atoms with Crippen molar-refractivity contribution in [3.8, 4) is 34.0 Å². The molecule has 0 saturated heterocycles. The Morgan fingerprint density at radius 3 is 2.67 bits per heavy atom. The number of carbonyl (C=O) groups is 1. The van der Waals surface area contributed by atoms with Gasteiger partial charge in [-0.05, 0) is 43.2 Å². The molecule has 2 atom stereocenters. The molecule has 0 radical (unpaired) electrons. The summed E-state index contributed by atoms with van der Waals surface area (Å²) in [6, 6.07) is 7.44. The molecule has 4 aromatic heterocycles. The number of hydrogen-bond donors (Lipinski definition) is 1. The van der Waals surface area contributed by atoms with E-state index in [1.165, 1.54) is 41.1 Å². The summed E-state index contributed by atoms with van der Waals surface area (Å²) in [6.45, 7) is -1.21. The highest BCUT2D eigenvalue weighted by molar-refractivity contribution is 6.31. The number of anilines is 1. The number of nitrogens with one attached hydrogen (secondary N) is 1. The van der Waals surface area contributed by atoms with Gasteiger partial charge in [0, 0.05) is 28.3 Å². The number of halogens is 4. The second-order valence-corrected chi connectivity index (χ2v) is 11.3. The van der Waals surface area contributed by atoms with Crippen LogP contribution < -0.4 is 15.7 Å². The van der Waals surface area contributed by atoms with E-state index in [-0.39, 0.29) is 33.9 Å². The normalized spacial score (nSPS) is 16.9. The molecular formula is C29H25Cl2F2N9O3. The van der Waals surface area contributed by atoms with Crippen LogP contribution in [0.3, 0.4) is 0 Å². The van der Waals surface area contributed by atoms with E-state index in [0.29, 0.717) is 51.5 Å². The minimum atomic E-state index is -2.96. The first-order chi connectivity index (χ1) is 21.6. The number of ether oxygens (including phenoxy) is 1. The Kier molecular flexibility index (Phi) is 8.34. The average molecular weight is 656 g/mol. The van der Waals surface area contributed by atoms with Crippen LogP contribution in [0.5, 0.6) is 5.75 Å². The van der Waals surface area contributed by atoms with Crippen LogP contribution in [-0.4, -0.2) is 52.3 Å². The molecule has 0 spiro atoms. The molecule has 45 heavy (non-hydrogen) atoms. The van der Waals surface area contributed by atoms with E-state index in [9.17, 15) is 18.4 Å². The van der Waals surface area contributed by atoms with E-state index in [0.717, 1.165) is 0 Å². The van der Waals surface area contributed by atoms with Gasteiger partial charge in [0.05, 0.1) is 54.5 Å². The number of methoxy groups -OCH3 is 1. The van der Waals surface area contributed by atoms with Crippen molar-refractivity contribution < 1.29 is 18.3 Å². The van der Waals surface area contributed by atoms with Crippen LogP contribution in [0, 0.1) is 5.92 Å². The van der Waals surface area contributed by atoms with Crippen molar-refractivity contribution in [3.63, 3.8) is 0 Å². The molecule has 1 N–H and O–H groups in total. The first-order valence-corrected chi connectivity index (χ1v) is 14.6. The molecular weight excluding hydrogens is 631 g/mol. The Balaban J connectivity index is 1.50. The van der Waals surface area contributed by atoms with E-state index < -0.39 is 24.2 Å². The van der Waals surface area contributed by atoms with Gasteiger partial charge in [-0.25, -0.2) is 14.2 Å². The first kappa shape index (κ1) is 30.3. The van der Waals surface area contributed by atoms with Crippen molar-refractivity contribution >= 4 is 34.8 Å². The van der Waals surface area contributed by atoms with Gasteiger partial charge >= 0.3 is 12.2 Å². The van der Waals surface area contributed by atoms with Crippen molar-refractivity contribution in [2.24, 2.45) is 5.92 Å². The van der Waals surface area contributed by atoms with E-state index in [4.69, 9.17) is 27.9 Å². The molecule has 16 heteroatoms. The van der Waals surface area contributed by atoms with Crippen LogP contribution in [-0.2, 0) is 4.79 Å². The highest BCUT2D eigenvalue weighted by Gasteiger charge is 2.27. The number of hydrogen-bond acceptors (Lipinski definition) is 8. The number of alkyl halides is 2. The predicted molar refractivity (Wildman–Crippen MR) is 162 cm³/mol. The zero-order valence-electron chi connectivity index (χ0n) is 23.9. The van der Waals surface area contributed by atoms with Crippen LogP contribution in [0.4, 0.5) is 14.5 Å². The van der Waals surface area contributed by atoms with Crippen LogP contribution in [0.15, 0.2) is 59.9 Å². The third kappa shape index (κ3) is 5.90. The lowest BCUT2D eigenvalue weighted by Gasteiger charge is -2.23. The van der Waals surface area contributed by atoms with Gasteiger partial charge in [0.25, 0.3) is 0 Å². The van der Waals surface area contributed by atoms with Gasteiger partial charge in [-0.3, -0.25) is 14.3 Å². The lowest BCUT2D eigenvalue weighted by Crippen LogP contribution is -2.29. The van der Waals surface area contributed by atoms with Gasteiger partial charge in [0.2, 0.25) is 5.91 Å². The number of carbonyl (C=O) groups excluding carboxylic acids is 1. The van der Waals surface area contributed by atoms with Crippen molar-refractivity contribution in [2.75, 3.05) is 12.4 Å². The molecule has 2 bridgehead atoms. The zero-order chi connectivity index (χ0) is 31.8. The highest BCUT2D eigenvalue weighted by atomic mass is 35.5. The molecule has 0 fully saturated rings. The SMILES string of the molecule is COc1cn(C2CCCC(C)C(=O)Nc3cnn(C(F)F)c3-c3ccnc2c3)c(=O)nc1-c1cc(Cl)ccc1-n1cc(Cl)nn1. The molecule has 1 amide bonds. The molecule has 5 heterocycles. The standard InChI is InChI=1S/C29H25Cl2F2N9O3/c1-15-4-3-5-22(19-10-16(8-9-34-19)26-20(36-27(15)43)12-35-42(26)28(32)33)40-13-23(45-2)25(37-29(40)44)18-11-17(30)6-7-21(18)41-14-24(31)38-39-41/h6-15,22,28H,3-5H2,1-2H3,(H,36,43). The number of benzene rings is 1. The van der Waals surface area contributed by atoms with Crippen LogP contribution >= 0.6 is 23.2 Å². The molecule has 2 unspecified atom stereocenters. The first-order valence-electron chi connectivity index (χ1n) is 13.8. The van der Waals surface area contributed by atoms with E-state index in [1.807, 2.05) is 0 Å². The molecule has 12 nitrogen and oxygen atoms in total. The molecule has 1 aliphatic rings. The monoisotopic (exact) mass is 655 g/mol. The third-order valence-corrected chi connectivity index (χ3v) is 8.00. The summed E-state index contributed by atoms with van der Waals surface area (Å²) in [4.78, 5) is 35.7. The van der Waals surface area contributed by atoms with Gasteiger partial charge in [-0.15, -0.1) is 5.10 Å². The molecule has 5 aromatic rings. The number of pyridine rings is 1. The lowest BCUT2D eigenvalue weighted by molar-refractivity contribution is -0.119. The summed E-state index contributed by atoms with van der Waals surface area (Å²) in [6.07, 6.45) is 7.08. The summed E-state index contributed by atoms with van der Waals surface area (Å²) in [5.41, 5.74) is 1.46. The van der Waals surface area contributed by atoms with Crippen molar-refractivity contribution in [2.45, 2.75) is 38.8 Å². The number of aromatic nitrogens is 8. The maximum Gasteiger partial charge on any atom is 0.348 e. The van der Waals surface area contributed by atoms with Crippen LogP contribution in [0.25, 0.3) is 28.2 Å². The molecule has 1 aliphatic heterocycles. The van der Waals surface area contributed by atoms with Gasteiger partial charge in [0.15, 0.2) is 10.9 Å². The maximum absolute atomic E-state index is 14.0. The van der Waals surface area contributed by atoms with Crippen molar-refractivity contribution in [1.29, 1.82) is 0 Å². The largest absolute Gasteiger partial charge is 0.493 e. The van der Waals surface area contributed by atoms with Crippen LogP contribution in [0.1, 0.15) is 44.5 Å². The zero-order valence-corrected chi connectivity index (χ0v) is 25.4. The number of amides is 1. The summed E-state index contributed by atoms with van der Waals surface area (Å²) in [5.74, 6) is -0.526. The second kappa shape index (κ2) is 12.4. The second-order valence-electron chi connectivity index (χ2n) is 10.4. The van der Waals surface area contributed by atoms with Gasteiger partial charge in [-0.1, -0.05) is 41.8 Å². The lowest BCUT2D eigenvalue weighted by atomic mass is 9.97. The van der Waals surface area contributed by atoms with Crippen molar-refractivity contribution in [1.82, 2.24) is 39.3 Å². The average Bonchev–Trinajstić information content (AvgIpc) is 3.65. The van der Waals surface area contributed by atoms with E-state index in [1.54, 1.807) is 37.3 Å². The minimum Gasteiger partial charge on any atom is -0.493 e. The topological polar surface area (TPSA) is 135 Å².